The lowest BCUT2D eigenvalue weighted by Crippen LogP contribution is -2.45. The maximum atomic E-state index is 13.1. The number of nitrogens with zero attached hydrogens (tertiary/aromatic N) is 4. The Labute approximate surface area is 156 Å². The zero-order valence-corrected chi connectivity index (χ0v) is 16.3. The molecule has 0 aromatic carbocycles. The molecule has 0 saturated carbocycles. The van der Waals surface area contributed by atoms with Crippen molar-refractivity contribution in [2.75, 3.05) is 6.54 Å². The fourth-order valence-electron chi connectivity index (χ4n) is 4.05. The van der Waals surface area contributed by atoms with Gasteiger partial charge in [0.05, 0.1) is 16.4 Å². The van der Waals surface area contributed by atoms with E-state index < -0.39 is 0 Å². The molecule has 1 amide bonds. The first kappa shape index (κ1) is 17.3. The Morgan fingerprint density at radius 3 is 2.92 bits per heavy atom. The number of carbonyl (C=O) groups is 1. The Morgan fingerprint density at radius 2 is 2.19 bits per heavy atom. The van der Waals surface area contributed by atoms with Gasteiger partial charge in [0.2, 0.25) is 5.91 Å². The third-order valence-corrected chi connectivity index (χ3v) is 6.46. The molecule has 6 nitrogen and oxygen atoms in total. The largest absolute Gasteiger partial charge is 0.338 e. The van der Waals surface area contributed by atoms with Gasteiger partial charge in [0.25, 0.3) is 5.56 Å². The SMILES string of the molecule is CCn1c2cc(C)sc2c2cnn(CC(=O)N3CCCC[C@H]3C)c(=O)c21. The summed E-state index contributed by atoms with van der Waals surface area (Å²) in [5, 5.41) is 5.21. The second kappa shape index (κ2) is 6.54. The molecule has 26 heavy (non-hydrogen) atoms. The van der Waals surface area contributed by atoms with Crippen LogP contribution in [0, 0.1) is 6.92 Å². The number of piperidine rings is 1. The van der Waals surface area contributed by atoms with E-state index in [0.29, 0.717) is 12.1 Å². The molecule has 0 spiro atoms. The van der Waals surface area contributed by atoms with E-state index in [1.807, 2.05) is 16.4 Å². The van der Waals surface area contributed by atoms with Crippen LogP contribution in [0.4, 0.5) is 0 Å². The van der Waals surface area contributed by atoms with Gasteiger partial charge in [-0.25, -0.2) is 4.68 Å². The number of amides is 1. The van der Waals surface area contributed by atoms with Gasteiger partial charge in [0, 0.05) is 29.4 Å². The zero-order chi connectivity index (χ0) is 18.4. The van der Waals surface area contributed by atoms with Crippen LogP contribution in [0.1, 0.15) is 38.0 Å². The Bertz CT molecular complexity index is 1050. The fraction of sp³-hybridized carbons (Fsp3) is 0.526. The molecule has 1 aliphatic heterocycles. The molecule has 1 fully saturated rings. The van der Waals surface area contributed by atoms with Gasteiger partial charge in [0.1, 0.15) is 12.1 Å². The molecule has 7 heteroatoms. The molecule has 1 saturated heterocycles. The van der Waals surface area contributed by atoms with Crippen LogP contribution in [0.3, 0.4) is 0 Å². The standard InChI is InChI=1S/C19H24N4O2S/c1-4-21-15-9-13(3)26-18(15)14-10-20-23(19(25)17(14)21)11-16(24)22-8-6-5-7-12(22)2/h9-10,12H,4-8,11H2,1-3H3/t12-/m1/s1. The summed E-state index contributed by atoms with van der Waals surface area (Å²) in [6.45, 7) is 7.69. The van der Waals surface area contributed by atoms with Crippen LogP contribution in [0.5, 0.6) is 0 Å². The number of aromatic nitrogens is 3. The number of rotatable bonds is 3. The summed E-state index contributed by atoms with van der Waals surface area (Å²) >= 11 is 1.69. The molecule has 3 aromatic rings. The highest BCUT2D eigenvalue weighted by Gasteiger charge is 2.24. The quantitative estimate of drug-likeness (QED) is 0.710. The van der Waals surface area contributed by atoms with Crippen LogP contribution < -0.4 is 5.56 Å². The van der Waals surface area contributed by atoms with Crippen molar-refractivity contribution in [3.63, 3.8) is 0 Å². The average Bonchev–Trinajstić information content (AvgIpc) is 3.12. The normalized spacial score (nSPS) is 18.1. The lowest BCUT2D eigenvalue weighted by Gasteiger charge is -2.33. The maximum absolute atomic E-state index is 13.1. The van der Waals surface area contributed by atoms with E-state index in [4.69, 9.17) is 0 Å². The Morgan fingerprint density at radius 1 is 1.38 bits per heavy atom. The van der Waals surface area contributed by atoms with E-state index in [2.05, 4.69) is 25.0 Å². The van der Waals surface area contributed by atoms with Gasteiger partial charge in [0.15, 0.2) is 0 Å². The van der Waals surface area contributed by atoms with Crippen LogP contribution in [0.2, 0.25) is 0 Å². The van der Waals surface area contributed by atoms with Crippen LogP contribution in [0.15, 0.2) is 17.1 Å². The first-order valence-electron chi connectivity index (χ1n) is 9.29. The number of carbonyl (C=O) groups excluding carboxylic acids is 1. The predicted octanol–water partition coefficient (Wildman–Crippen LogP) is 3.14. The van der Waals surface area contributed by atoms with Crippen molar-refractivity contribution < 1.29 is 4.79 Å². The van der Waals surface area contributed by atoms with Gasteiger partial charge >= 0.3 is 0 Å². The average molecular weight is 372 g/mol. The van der Waals surface area contributed by atoms with Crippen molar-refractivity contribution >= 4 is 38.4 Å². The van der Waals surface area contributed by atoms with Crippen molar-refractivity contribution in [1.29, 1.82) is 0 Å². The highest BCUT2D eigenvalue weighted by molar-refractivity contribution is 7.20. The number of hydrogen-bond donors (Lipinski definition) is 0. The Kier molecular flexibility index (Phi) is 4.34. The number of fused-ring (bicyclic) bond motifs is 3. The molecule has 1 aliphatic rings. The Hall–Kier alpha value is -2.15. The topological polar surface area (TPSA) is 60.1 Å². The fourth-order valence-corrected chi connectivity index (χ4v) is 5.07. The van der Waals surface area contributed by atoms with E-state index in [0.717, 1.165) is 41.4 Å². The van der Waals surface area contributed by atoms with Crippen molar-refractivity contribution in [3.05, 3.63) is 27.5 Å². The summed E-state index contributed by atoms with van der Waals surface area (Å²) in [5.74, 6) is -0.0154. The molecule has 0 bridgehead atoms. The molecule has 0 unspecified atom stereocenters. The van der Waals surface area contributed by atoms with Crippen LogP contribution in [-0.4, -0.2) is 37.7 Å². The Balaban J connectivity index is 1.76. The molecule has 3 aromatic heterocycles. The summed E-state index contributed by atoms with van der Waals surface area (Å²) in [7, 11) is 0. The molecule has 0 N–H and O–H groups in total. The first-order chi connectivity index (χ1) is 12.5. The van der Waals surface area contributed by atoms with Crippen LogP contribution in [-0.2, 0) is 17.9 Å². The summed E-state index contributed by atoms with van der Waals surface area (Å²) in [4.78, 5) is 28.9. The molecule has 138 valence electrons. The van der Waals surface area contributed by atoms with E-state index >= 15 is 0 Å². The van der Waals surface area contributed by atoms with Gasteiger partial charge in [-0.2, -0.15) is 5.10 Å². The summed E-state index contributed by atoms with van der Waals surface area (Å²) < 4.78 is 4.48. The minimum atomic E-state index is -0.177. The van der Waals surface area contributed by atoms with Crippen molar-refractivity contribution in [2.24, 2.45) is 0 Å². The number of hydrogen-bond acceptors (Lipinski definition) is 4. The number of likely N-dealkylation sites (tertiary alicyclic amines) is 1. The van der Waals surface area contributed by atoms with Gasteiger partial charge < -0.3 is 9.47 Å². The summed E-state index contributed by atoms with van der Waals surface area (Å²) in [6, 6.07) is 2.36. The van der Waals surface area contributed by atoms with Gasteiger partial charge in [-0.15, -0.1) is 11.3 Å². The van der Waals surface area contributed by atoms with Crippen molar-refractivity contribution in [3.8, 4) is 0 Å². The smallest absolute Gasteiger partial charge is 0.291 e. The maximum Gasteiger partial charge on any atom is 0.291 e. The van der Waals surface area contributed by atoms with E-state index in [1.54, 1.807) is 17.5 Å². The zero-order valence-electron chi connectivity index (χ0n) is 15.5. The van der Waals surface area contributed by atoms with Gasteiger partial charge in [-0.3, -0.25) is 9.59 Å². The molecular weight excluding hydrogens is 348 g/mol. The number of aryl methyl sites for hydroxylation is 2. The van der Waals surface area contributed by atoms with E-state index in [9.17, 15) is 9.59 Å². The number of thiophene rings is 1. The predicted molar refractivity (Wildman–Crippen MR) is 105 cm³/mol. The van der Waals surface area contributed by atoms with Crippen molar-refractivity contribution in [1.82, 2.24) is 19.2 Å². The molecule has 0 radical (unpaired) electrons. The molecular formula is C19H24N4O2S. The monoisotopic (exact) mass is 372 g/mol. The summed E-state index contributed by atoms with van der Waals surface area (Å²) in [6.07, 6.45) is 4.97. The second-order valence-corrected chi connectivity index (χ2v) is 8.37. The molecule has 4 rings (SSSR count). The first-order valence-corrected chi connectivity index (χ1v) is 10.1. The highest BCUT2D eigenvalue weighted by atomic mass is 32.1. The molecule has 4 heterocycles. The minimum absolute atomic E-state index is 0.0146. The molecule has 1 atom stereocenters. The van der Waals surface area contributed by atoms with Gasteiger partial charge in [-0.1, -0.05) is 0 Å². The second-order valence-electron chi connectivity index (χ2n) is 7.12. The van der Waals surface area contributed by atoms with E-state index in [-0.39, 0.29) is 24.1 Å². The van der Waals surface area contributed by atoms with Crippen molar-refractivity contribution in [2.45, 2.75) is 59.2 Å². The minimum Gasteiger partial charge on any atom is -0.338 e. The third kappa shape index (κ3) is 2.65. The lowest BCUT2D eigenvalue weighted by atomic mass is 10.0. The highest BCUT2D eigenvalue weighted by Crippen LogP contribution is 2.33. The van der Waals surface area contributed by atoms with Crippen LogP contribution >= 0.6 is 11.3 Å². The third-order valence-electron chi connectivity index (χ3n) is 5.38. The summed E-state index contributed by atoms with van der Waals surface area (Å²) in [5.41, 5.74) is 1.56. The van der Waals surface area contributed by atoms with E-state index in [1.165, 1.54) is 9.56 Å². The van der Waals surface area contributed by atoms with Crippen LogP contribution in [0.25, 0.3) is 21.1 Å². The lowest BCUT2D eigenvalue weighted by molar-refractivity contribution is -0.135. The molecule has 0 aliphatic carbocycles. The van der Waals surface area contributed by atoms with Gasteiger partial charge in [-0.05, 0) is 46.1 Å².